The molecule has 5 aromatic rings. The maximum absolute atomic E-state index is 13.6. The third-order valence-electron chi connectivity index (χ3n) is 7.30. The van der Waals surface area contributed by atoms with Crippen LogP contribution in [0, 0.1) is 0 Å². The van der Waals surface area contributed by atoms with Gasteiger partial charge in [-0.1, -0.05) is 24.3 Å². The average molecular weight is 584 g/mol. The monoisotopic (exact) mass is 583 g/mol. The van der Waals surface area contributed by atoms with Crippen molar-refractivity contribution in [2.45, 2.75) is 38.8 Å². The fourth-order valence-electron chi connectivity index (χ4n) is 5.09. The number of rotatable bonds is 12. The molecule has 0 unspecified atom stereocenters. The number of unbranched alkanes of at least 4 members (excludes halogenated alkanes) is 1. The minimum atomic E-state index is -0.488. The predicted molar refractivity (Wildman–Crippen MR) is 163 cm³/mol. The molecule has 0 aliphatic carbocycles. The second-order valence-corrected chi connectivity index (χ2v) is 10.1. The van der Waals surface area contributed by atoms with Crippen molar-refractivity contribution < 1.29 is 14.3 Å². The molecule has 5 rings (SSSR count). The Hall–Kier alpha value is -5.19. The Morgan fingerprint density at radius 2 is 1.67 bits per heavy atom. The van der Waals surface area contributed by atoms with E-state index >= 15 is 0 Å². The normalized spacial score (nSPS) is 11.1. The third kappa shape index (κ3) is 6.50. The van der Waals surface area contributed by atoms with Gasteiger partial charge in [0.25, 0.3) is 11.1 Å². The lowest BCUT2D eigenvalue weighted by molar-refractivity contribution is -0.121. The first-order valence-electron chi connectivity index (χ1n) is 14.1. The first kappa shape index (κ1) is 29.3. The number of methoxy groups -OCH3 is 2. The summed E-state index contributed by atoms with van der Waals surface area (Å²) in [7, 11) is 3.16. The summed E-state index contributed by atoms with van der Waals surface area (Å²) in [4.78, 5) is 56.4. The lowest BCUT2D eigenvalue weighted by atomic mass is 10.1. The SMILES string of the molecule is COc1ccc(CCNC(=O)CCCCn2c(=O)c3ccccc3n(Cc3cc(=O)n4ccccc4n3)c2=O)cc1OC. The van der Waals surface area contributed by atoms with Gasteiger partial charge in [0.05, 0.1) is 37.4 Å². The molecule has 1 N–H and O–H groups in total. The number of hydrogen-bond donors (Lipinski definition) is 1. The van der Waals surface area contributed by atoms with Gasteiger partial charge in [-0.15, -0.1) is 0 Å². The number of fused-ring (bicyclic) bond motifs is 2. The van der Waals surface area contributed by atoms with Gasteiger partial charge >= 0.3 is 5.69 Å². The number of carbonyl (C=O) groups excluding carboxylic acids is 1. The van der Waals surface area contributed by atoms with E-state index in [-0.39, 0.29) is 36.5 Å². The van der Waals surface area contributed by atoms with E-state index in [1.165, 1.54) is 19.6 Å². The number of amides is 1. The van der Waals surface area contributed by atoms with E-state index in [0.717, 1.165) is 5.56 Å². The summed E-state index contributed by atoms with van der Waals surface area (Å²) >= 11 is 0. The molecule has 0 saturated carbocycles. The number of para-hydroxylation sites is 1. The highest BCUT2D eigenvalue weighted by Gasteiger charge is 2.15. The number of ether oxygens (including phenoxy) is 2. The molecule has 11 heteroatoms. The summed E-state index contributed by atoms with van der Waals surface area (Å²) in [5.74, 6) is 1.18. The number of benzene rings is 2. The third-order valence-corrected chi connectivity index (χ3v) is 7.30. The maximum atomic E-state index is 13.6. The van der Waals surface area contributed by atoms with E-state index in [1.54, 1.807) is 62.9 Å². The van der Waals surface area contributed by atoms with Crippen molar-refractivity contribution in [3.63, 3.8) is 0 Å². The average Bonchev–Trinajstić information content (AvgIpc) is 3.02. The zero-order valence-corrected chi connectivity index (χ0v) is 24.1. The van der Waals surface area contributed by atoms with Crippen LogP contribution in [0.2, 0.25) is 0 Å². The molecule has 0 radical (unpaired) electrons. The molecule has 0 aliphatic heterocycles. The smallest absolute Gasteiger partial charge is 0.331 e. The number of pyridine rings is 1. The molecule has 0 fully saturated rings. The molecule has 2 aromatic carbocycles. The van der Waals surface area contributed by atoms with E-state index in [1.807, 2.05) is 18.2 Å². The topological polar surface area (TPSA) is 126 Å². The van der Waals surface area contributed by atoms with Gasteiger partial charge in [0.15, 0.2) is 11.5 Å². The van der Waals surface area contributed by atoms with Gasteiger partial charge in [0, 0.05) is 31.8 Å². The van der Waals surface area contributed by atoms with Crippen LogP contribution in [0.1, 0.15) is 30.5 Å². The van der Waals surface area contributed by atoms with Crippen LogP contribution in [0.4, 0.5) is 0 Å². The Morgan fingerprint density at radius 1 is 0.884 bits per heavy atom. The summed E-state index contributed by atoms with van der Waals surface area (Å²) in [6.45, 7) is 0.660. The Balaban J connectivity index is 1.24. The summed E-state index contributed by atoms with van der Waals surface area (Å²) < 4.78 is 14.7. The quantitative estimate of drug-likeness (QED) is 0.224. The van der Waals surface area contributed by atoms with Crippen molar-refractivity contribution >= 4 is 22.5 Å². The highest BCUT2D eigenvalue weighted by atomic mass is 16.5. The molecule has 3 heterocycles. The van der Waals surface area contributed by atoms with Gasteiger partial charge in [0.1, 0.15) is 5.65 Å². The number of carbonyl (C=O) groups is 1. The highest BCUT2D eigenvalue weighted by Crippen LogP contribution is 2.27. The van der Waals surface area contributed by atoms with Gasteiger partial charge in [-0.05, 0) is 61.2 Å². The second kappa shape index (κ2) is 13.2. The molecule has 0 aliphatic rings. The second-order valence-electron chi connectivity index (χ2n) is 10.1. The van der Waals surface area contributed by atoms with Crippen molar-refractivity contribution in [1.29, 1.82) is 0 Å². The van der Waals surface area contributed by atoms with Crippen LogP contribution in [-0.4, -0.2) is 45.2 Å². The largest absolute Gasteiger partial charge is 0.493 e. The summed E-state index contributed by atoms with van der Waals surface area (Å²) in [5.41, 5.74) is 1.23. The molecular formula is C32H33N5O6. The van der Waals surface area contributed by atoms with Crippen LogP contribution in [0.15, 0.2) is 87.3 Å². The highest BCUT2D eigenvalue weighted by molar-refractivity contribution is 5.78. The maximum Gasteiger partial charge on any atom is 0.331 e. The standard InChI is InChI=1S/C32H33N5O6/c1-42-26-14-13-22(19-27(26)43-2)15-16-33-29(38)12-6-8-18-36-31(40)24-9-3-4-10-25(24)37(32(36)41)21-23-20-30(39)35-17-7-5-11-28(35)34-23/h3-5,7,9-11,13-14,17,19-20H,6,8,12,15-16,18,21H2,1-2H3,(H,33,38). The van der Waals surface area contributed by atoms with E-state index in [0.29, 0.717) is 59.6 Å². The fraction of sp³-hybridized carbons (Fsp3) is 0.281. The summed E-state index contributed by atoms with van der Waals surface area (Å²) in [5, 5.41) is 3.31. The Kier molecular flexibility index (Phi) is 8.99. The van der Waals surface area contributed by atoms with Crippen molar-refractivity contribution in [1.82, 2.24) is 23.8 Å². The molecule has 1 amide bonds. The van der Waals surface area contributed by atoms with Crippen LogP contribution < -0.4 is 31.6 Å². The fourth-order valence-corrected chi connectivity index (χ4v) is 5.09. The molecule has 3 aromatic heterocycles. The number of nitrogens with zero attached hydrogens (tertiary/aromatic N) is 4. The van der Waals surface area contributed by atoms with E-state index in [2.05, 4.69) is 10.3 Å². The molecule has 0 bridgehead atoms. The van der Waals surface area contributed by atoms with E-state index in [4.69, 9.17) is 9.47 Å². The van der Waals surface area contributed by atoms with Gasteiger partial charge in [-0.25, -0.2) is 9.78 Å². The van der Waals surface area contributed by atoms with Crippen LogP contribution in [0.5, 0.6) is 11.5 Å². The Morgan fingerprint density at radius 3 is 2.49 bits per heavy atom. The first-order valence-corrected chi connectivity index (χ1v) is 14.1. The molecule has 0 spiro atoms. The lowest BCUT2D eigenvalue weighted by Crippen LogP contribution is -2.40. The molecule has 43 heavy (non-hydrogen) atoms. The van der Waals surface area contributed by atoms with Crippen LogP contribution in [0.25, 0.3) is 16.6 Å². The summed E-state index contributed by atoms with van der Waals surface area (Å²) in [6, 6.07) is 19.2. The molecule has 222 valence electrons. The number of nitrogens with one attached hydrogen (secondary N) is 1. The number of hydrogen-bond acceptors (Lipinski definition) is 7. The van der Waals surface area contributed by atoms with E-state index < -0.39 is 5.69 Å². The van der Waals surface area contributed by atoms with E-state index in [9.17, 15) is 19.2 Å². The minimum Gasteiger partial charge on any atom is -0.493 e. The van der Waals surface area contributed by atoms with Gasteiger partial charge in [-0.3, -0.25) is 27.9 Å². The van der Waals surface area contributed by atoms with Crippen molar-refractivity contribution in [3.05, 3.63) is 115 Å². The van der Waals surface area contributed by atoms with Crippen molar-refractivity contribution in [2.75, 3.05) is 20.8 Å². The predicted octanol–water partition coefficient (Wildman–Crippen LogP) is 2.77. The van der Waals surface area contributed by atoms with Crippen LogP contribution in [-0.2, 0) is 24.3 Å². The first-order chi connectivity index (χ1) is 20.9. The Bertz CT molecular complexity index is 1960. The molecule has 11 nitrogen and oxygen atoms in total. The van der Waals surface area contributed by atoms with Crippen molar-refractivity contribution in [3.8, 4) is 11.5 Å². The van der Waals surface area contributed by atoms with Gasteiger partial charge < -0.3 is 14.8 Å². The zero-order valence-electron chi connectivity index (χ0n) is 24.1. The van der Waals surface area contributed by atoms with Gasteiger partial charge in [-0.2, -0.15) is 0 Å². The Labute approximate surface area is 247 Å². The van der Waals surface area contributed by atoms with Gasteiger partial charge in [0.2, 0.25) is 5.91 Å². The lowest BCUT2D eigenvalue weighted by Gasteiger charge is -2.14. The van der Waals surface area contributed by atoms with Crippen LogP contribution in [0.3, 0.4) is 0 Å². The summed E-state index contributed by atoms with van der Waals surface area (Å²) in [6.07, 6.45) is 3.51. The molecular weight excluding hydrogens is 550 g/mol. The van der Waals surface area contributed by atoms with Crippen LogP contribution >= 0.6 is 0 Å². The minimum absolute atomic E-state index is 0.0305. The molecule has 0 saturated heterocycles. The number of aromatic nitrogens is 4. The zero-order chi connectivity index (χ0) is 30.3. The van der Waals surface area contributed by atoms with Crippen molar-refractivity contribution in [2.24, 2.45) is 0 Å². The molecule has 0 atom stereocenters.